The number of hydrogen-bond acceptors (Lipinski definition) is 5. The van der Waals surface area contributed by atoms with Gasteiger partial charge < -0.3 is 15.4 Å². The van der Waals surface area contributed by atoms with Gasteiger partial charge in [-0.3, -0.25) is 10.1 Å². The van der Waals surface area contributed by atoms with Crippen LogP contribution < -0.4 is 16.0 Å². The predicted octanol–water partition coefficient (Wildman–Crippen LogP) is 4.18. The second-order valence-corrected chi connectivity index (χ2v) is 7.74. The van der Waals surface area contributed by atoms with Crippen molar-refractivity contribution < 1.29 is 14.3 Å². The first-order valence-electron chi connectivity index (χ1n) is 9.22. The van der Waals surface area contributed by atoms with Gasteiger partial charge in [0.15, 0.2) is 5.13 Å². The molecule has 0 unspecified atom stereocenters. The summed E-state index contributed by atoms with van der Waals surface area (Å²) >= 11 is 1.16. The van der Waals surface area contributed by atoms with Crippen molar-refractivity contribution in [3.8, 4) is 0 Å². The number of urea groups is 1. The Kier molecular flexibility index (Phi) is 7.95. The van der Waals surface area contributed by atoms with E-state index in [1.165, 1.54) is 0 Å². The fourth-order valence-electron chi connectivity index (χ4n) is 2.92. The molecule has 0 spiro atoms. The zero-order valence-electron chi connectivity index (χ0n) is 17.1. The summed E-state index contributed by atoms with van der Waals surface area (Å²) < 4.78 is 4.97. The van der Waals surface area contributed by atoms with E-state index in [0.717, 1.165) is 46.6 Å². The molecule has 1 aromatic carbocycles. The van der Waals surface area contributed by atoms with Gasteiger partial charge in [-0.05, 0) is 51.7 Å². The van der Waals surface area contributed by atoms with Gasteiger partial charge in [-0.1, -0.05) is 29.0 Å². The number of aromatic nitrogens is 1. The van der Waals surface area contributed by atoms with Crippen LogP contribution in [0.25, 0.3) is 0 Å². The molecule has 1 heterocycles. The highest BCUT2D eigenvalue weighted by Crippen LogP contribution is 2.26. The van der Waals surface area contributed by atoms with Gasteiger partial charge in [-0.2, -0.15) is 0 Å². The van der Waals surface area contributed by atoms with Crippen LogP contribution in [-0.2, 0) is 4.74 Å². The van der Waals surface area contributed by atoms with Crippen molar-refractivity contribution in [3.05, 3.63) is 39.4 Å². The van der Waals surface area contributed by atoms with Gasteiger partial charge in [0.25, 0.3) is 5.91 Å². The summed E-state index contributed by atoms with van der Waals surface area (Å²) in [6.45, 7) is 8.96. The molecule has 7 nitrogen and oxygen atoms in total. The Hall–Kier alpha value is -2.45. The molecule has 3 N–H and O–H groups in total. The first-order chi connectivity index (χ1) is 13.3. The number of amides is 3. The molecular weight excluding hydrogens is 376 g/mol. The van der Waals surface area contributed by atoms with Crippen LogP contribution in [0.5, 0.6) is 0 Å². The number of hydrogen-bond donors (Lipinski definition) is 3. The van der Waals surface area contributed by atoms with Gasteiger partial charge in [-0.15, -0.1) is 0 Å². The minimum absolute atomic E-state index is 0.224. The number of rotatable bonds is 8. The molecule has 0 aliphatic carbocycles. The Balaban J connectivity index is 1.98. The summed E-state index contributed by atoms with van der Waals surface area (Å²) in [5, 5.41) is 8.83. The van der Waals surface area contributed by atoms with Crippen molar-refractivity contribution in [2.24, 2.45) is 0 Å². The standard InChI is InChI=1S/C20H28N4O3S/c1-12-10-13(2)16(14(3)11-12)23-18(25)17-15(4)22-20(28-17)24-19(26)21-8-6-7-9-27-5/h10-11H,6-9H2,1-5H3,(H,23,25)(H2,21,22,24,26). The summed E-state index contributed by atoms with van der Waals surface area (Å²) in [5.74, 6) is -0.224. The number of carbonyl (C=O) groups excluding carboxylic acids is 2. The highest BCUT2D eigenvalue weighted by Gasteiger charge is 2.18. The van der Waals surface area contributed by atoms with E-state index in [1.807, 2.05) is 32.9 Å². The summed E-state index contributed by atoms with van der Waals surface area (Å²) in [4.78, 5) is 29.5. The summed E-state index contributed by atoms with van der Waals surface area (Å²) in [6, 6.07) is 3.74. The number of nitrogens with zero attached hydrogens (tertiary/aromatic N) is 1. The van der Waals surface area contributed by atoms with Crippen molar-refractivity contribution in [1.29, 1.82) is 0 Å². The molecule has 152 valence electrons. The Labute approximate surface area is 169 Å². The maximum absolute atomic E-state index is 12.7. The van der Waals surface area contributed by atoms with Gasteiger partial charge in [0, 0.05) is 25.9 Å². The van der Waals surface area contributed by atoms with Gasteiger partial charge in [0.1, 0.15) is 4.88 Å². The first kappa shape index (κ1) is 21.8. The summed E-state index contributed by atoms with van der Waals surface area (Å²) in [6.07, 6.45) is 1.72. The number of thiazole rings is 1. The van der Waals surface area contributed by atoms with Crippen LogP contribution in [0.1, 0.15) is 44.9 Å². The van der Waals surface area contributed by atoms with Crippen molar-refractivity contribution >= 4 is 34.1 Å². The largest absolute Gasteiger partial charge is 0.385 e. The molecule has 1 aromatic heterocycles. The molecule has 0 aliphatic heterocycles. The van der Waals surface area contributed by atoms with Gasteiger partial charge in [-0.25, -0.2) is 9.78 Å². The highest BCUT2D eigenvalue weighted by molar-refractivity contribution is 7.17. The SMILES string of the molecule is COCCCCNC(=O)Nc1nc(C)c(C(=O)Nc2c(C)cc(C)cc2C)s1. The van der Waals surface area contributed by atoms with E-state index in [-0.39, 0.29) is 11.9 Å². The lowest BCUT2D eigenvalue weighted by atomic mass is 10.1. The van der Waals surface area contributed by atoms with Crippen molar-refractivity contribution in [1.82, 2.24) is 10.3 Å². The van der Waals surface area contributed by atoms with E-state index < -0.39 is 0 Å². The number of ether oxygens (including phenoxy) is 1. The molecule has 0 atom stereocenters. The van der Waals surface area contributed by atoms with E-state index in [2.05, 4.69) is 20.9 Å². The maximum atomic E-state index is 12.7. The molecule has 0 bridgehead atoms. The van der Waals surface area contributed by atoms with Crippen LogP contribution in [-0.4, -0.2) is 37.2 Å². The average molecular weight is 405 g/mol. The number of carbonyl (C=O) groups is 2. The Morgan fingerprint density at radius 3 is 2.39 bits per heavy atom. The Morgan fingerprint density at radius 1 is 1.07 bits per heavy atom. The molecule has 0 saturated carbocycles. The maximum Gasteiger partial charge on any atom is 0.321 e. The van der Waals surface area contributed by atoms with Crippen LogP contribution in [0.2, 0.25) is 0 Å². The minimum Gasteiger partial charge on any atom is -0.385 e. The van der Waals surface area contributed by atoms with Gasteiger partial charge in [0.05, 0.1) is 5.69 Å². The zero-order chi connectivity index (χ0) is 20.7. The van der Waals surface area contributed by atoms with Crippen LogP contribution in [0.4, 0.5) is 15.6 Å². The second-order valence-electron chi connectivity index (χ2n) is 6.74. The lowest BCUT2D eigenvalue weighted by Crippen LogP contribution is -2.29. The lowest BCUT2D eigenvalue weighted by Gasteiger charge is -2.12. The molecule has 0 fully saturated rings. The molecular formula is C20H28N4O3S. The molecule has 0 aliphatic rings. The highest BCUT2D eigenvalue weighted by atomic mass is 32.1. The predicted molar refractivity (Wildman–Crippen MR) is 114 cm³/mol. The average Bonchev–Trinajstić information content (AvgIpc) is 2.98. The third kappa shape index (κ3) is 6.03. The van der Waals surface area contributed by atoms with Gasteiger partial charge in [0.2, 0.25) is 0 Å². The molecule has 28 heavy (non-hydrogen) atoms. The molecule has 0 saturated heterocycles. The molecule has 3 amide bonds. The van der Waals surface area contributed by atoms with Crippen molar-refractivity contribution in [3.63, 3.8) is 0 Å². The smallest absolute Gasteiger partial charge is 0.321 e. The van der Waals surface area contributed by atoms with Crippen LogP contribution in [0.3, 0.4) is 0 Å². The number of anilines is 2. The first-order valence-corrected chi connectivity index (χ1v) is 10.0. The zero-order valence-corrected chi connectivity index (χ0v) is 17.9. The fraction of sp³-hybridized carbons (Fsp3) is 0.450. The van der Waals surface area contributed by atoms with E-state index in [0.29, 0.717) is 28.9 Å². The fourth-order valence-corrected chi connectivity index (χ4v) is 3.78. The van der Waals surface area contributed by atoms with E-state index in [1.54, 1.807) is 14.0 Å². The van der Waals surface area contributed by atoms with E-state index in [9.17, 15) is 9.59 Å². The molecule has 0 radical (unpaired) electrons. The van der Waals surface area contributed by atoms with Crippen LogP contribution in [0.15, 0.2) is 12.1 Å². The van der Waals surface area contributed by atoms with Crippen LogP contribution >= 0.6 is 11.3 Å². The summed E-state index contributed by atoms with van der Waals surface area (Å²) in [7, 11) is 1.65. The summed E-state index contributed by atoms with van der Waals surface area (Å²) in [5.41, 5.74) is 4.58. The number of unbranched alkanes of at least 4 members (excludes halogenated alkanes) is 1. The number of methoxy groups -OCH3 is 1. The third-order valence-corrected chi connectivity index (χ3v) is 5.27. The monoisotopic (exact) mass is 404 g/mol. The second kappa shape index (κ2) is 10.2. The topological polar surface area (TPSA) is 92.3 Å². The minimum atomic E-state index is -0.330. The van der Waals surface area contributed by atoms with Crippen molar-refractivity contribution in [2.75, 3.05) is 30.9 Å². The van der Waals surface area contributed by atoms with Crippen LogP contribution in [0, 0.1) is 27.7 Å². The quantitative estimate of drug-likeness (QED) is 0.576. The number of aryl methyl sites for hydroxylation is 4. The van der Waals surface area contributed by atoms with Gasteiger partial charge >= 0.3 is 6.03 Å². The van der Waals surface area contributed by atoms with Crippen molar-refractivity contribution in [2.45, 2.75) is 40.5 Å². The normalized spacial score (nSPS) is 10.6. The third-order valence-electron chi connectivity index (χ3n) is 4.20. The van der Waals surface area contributed by atoms with E-state index >= 15 is 0 Å². The molecule has 8 heteroatoms. The molecule has 2 rings (SSSR count). The number of benzene rings is 1. The lowest BCUT2D eigenvalue weighted by molar-refractivity contribution is 0.102. The van der Waals surface area contributed by atoms with E-state index in [4.69, 9.17) is 4.74 Å². The Bertz CT molecular complexity index is 825. The molecule has 2 aromatic rings. The Morgan fingerprint density at radius 2 is 1.75 bits per heavy atom. The number of nitrogens with one attached hydrogen (secondary N) is 3.